The molecule has 0 bridgehead atoms. The van der Waals surface area contributed by atoms with Crippen LogP contribution in [0.5, 0.6) is 0 Å². The van der Waals surface area contributed by atoms with Crippen molar-refractivity contribution in [3.63, 3.8) is 0 Å². The van der Waals surface area contributed by atoms with Gasteiger partial charge in [0, 0.05) is 31.0 Å². The van der Waals surface area contributed by atoms with Crippen molar-refractivity contribution in [3.8, 4) is 0 Å². The Morgan fingerprint density at radius 1 is 1.12 bits per heavy atom. The molecule has 3 rings (SSSR count). The van der Waals surface area contributed by atoms with E-state index in [1.54, 1.807) is 0 Å². The summed E-state index contributed by atoms with van der Waals surface area (Å²) in [5.41, 5.74) is 4.06. The van der Waals surface area contributed by atoms with Gasteiger partial charge >= 0.3 is 5.97 Å². The van der Waals surface area contributed by atoms with Crippen LogP contribution in [0.4, 0.5) is 0 Å². The highest BCUT2D eigenvalue weighted by Gasteiger charge is 2.19. The minimum absolute atomic E-state index is 0.0414. The van der Waals surface area contributed by atoms with Gasteiger partial charge < -0.3 is 14.5 Å². The zero-order valence-corrected chi connectivity index (χ0v) is 19.8. The molecule has 2 aliphatic rings. The van der Waals surface area contributed by atoms with Crippen LogP contribution in [0.3, 0.4) is 0 Å². The first-order chi connectivity index (χ1) is 15.5. The fraction of sp³-hybridized carbons (Fsp3) is 0.480. The van der Waals surface area contributed by atoms with Crippen molar-refractivity contribution in [2.75, 3.05) is 37.8 Å². The molecule has 32 heavy (non-hydrogen) atoms. The average Bonchev–Trinajstić information content (AvgIpc) is 2.77. The summed E-state index contributed by atoms with van der Waals surface area (Å²) in [5, 5.41) is 4.28. The van der Waals surface area contributed by atoms with Crippen molar-refractivity contribution in [1.82, 2.24) is 4.90 Å². The molecule has 0 spiro atoms. The van der Waals surface area contributed by atoms with Gasteiger partial charge in [-0.15, -0.1) is 0 Å². The van der Waals surface area contributed by atoms with Gasteiger partial charge in [0.15, 0.2) is 6.61 Å². The molecule has 0 aromatic heterocycles. The molecule has 1 amide bonds. The number of oxime groups is 1. The topological polar surface area (TPSA) is 68.2 Å². The second kappa shape index (κ2) is 12.5. The number of esters is 1. The van der Waals surface area contributed by atoms with Gasteiger partial charge in [0.05, 0.1) is 17.9 Å². The molecule has 172 valence electrons. The van der Waals surface area contributed by atoms with Crippen LogP contribution in [0, 0.1) is 13.8 Å². The number of nitrogens with zero attached hydrogens (tertiary/aromatic N) is 2. The molecule has 0 atom stereocenters. The van der Waals surface area contributed by atoms with E-state index in [0.717, 1.165) is 54.1 Å². The van der Waals surface area contributed by atoms with E-state index < -0.39 is 0 Å². The molecule has 0 aliphatic carbocycles. The molecule has 0 saturated carbocycles. The third-order valence-corrected chi connectivity index (χ3v) is 6.31. The molecule has 0 unspecified atom stereocenters. The number of allylic oxidation sites excluding steroid dienone is 3. The molecule has 2 aliphatic heterocycles. The predicted molar refractivity (Wildman–Crippen MR) is 129 cm³/mol. The molecule has 6 nitrogen and oxygen atoms in total. The van der Waals surface area contributed by atoms with Gasteiger partial charge in [-0.3, -0.25) is 4.79 Å². The van der Waals surface area contributed by atoms with E-state index in [1.807, 2.05) is 54.8 Å². The predicted octanol–water partition coefficient (Wildman–Crippen LogP) is 4.25. The molecule has 1 aromatic rings. The van der Waals surface area contributed by atoms with E-state index in [-0.39, 0.29) is 18.5 Å². The van der Waals surface area contributed by atoms with Gasteiger partial charge in [-0.2, -0.15) is 11.8 Å². The Labute approximate surface area is 194 Å². The van der Waals surface area contributed by atoms with Crippen molar-refractivity contribution < 1.29 is 19.2 Å². The van der Waals surface area contributed by atoms with Crippen LogP contribution >= 0.6 is 11.8 Å². The number of carbonyl (C=O) groups is 2. The van der Waals surface area contributed by atoms with Gasteiger partial charge in [0.25, 0.3) is 5.91 Å². The van der Waals surface area contributed by atoms with E-state index in [4.69, 9.17) is 9.57 Å². The van der Waals surface area contributed by atoms with E-state index in [2.05, 4.69) is 17.3 Å². The molecular formula is C25H32N2O4S. The highest BCUT2D eigenvalue weighted by atomic mass is 32.2. The molecule has 1 aromatic carbocycles. The Balaban J connectivity index is 1.80. The lowest BCUT2D eigenvalue weighted by atomic mass is 9.95. The number of benzene rings is 1. The minimum atomic E-state index is -0.314. The van der Waals surface area contributed by atoms with Crippen LogP contribution in [0.1, 0.15) is 46.3 Å². The lowest BCUT2D eigenvalue weighted by Crippen LogP contribution is -2.39. The van der Waals surface area contributed by atoms with Crippen LogP contribution < -0.4 is 0 Å². The second-order valence-electron chi connectivity index (χ2n) is 8.02. The van der Waals surface area contributed by atoms with Gasteiger partial charge in [0.1, 0.15) is 0 Å². The number of amides is 1. The van der Waals surface area contributed by atoms with Gasteiger partial charge in [-0.1, -0.05) is 41.1 Å². The number of fused-ring (bicyclic) bond motifs is 1. The van der Waals surface area contributed by atoms with E-state index in [1.165, 1.54) is 0 Å². The number of carbonyl (C=O) groups excluding carboxylic acids is 2. The zero-order valence-electron chi connectivity index (χ0n) is 19.0. The first kappa shape index (κ1) is 24.1. The van der Waals surface area contributed by atoms with Crippen molar-refractivity contribution >= 4 is 29.4 Å². The fourth-order valence-corrected chi connectivity index (χ4v) is 4.72. The summed E-state index contributed by atoms with van der Waals surface area (Å²) in [6.45, 7) is 5.73. The van der Waals surface area contributed by atoms with Crippen molar-refractivity contribution in [2.45, 2.75) is 39.5 Å². The van der Waals surface area contributed by atoms with Crippen LogP contribution in [-0.4, -0.2) is 60.3 Å². The Morgan fingerprint density at radius 2 is 1.88 bits per heavy atom. The summed E-state index contributed by atoms with van der Waals surface area (Å²) in [5.74, 6) is 1.57. The fourth-order valence-electron chi connectivity index (χ4n) is 3.82. The largest absolute Gasteiger partial charge is 0.462 e. The molecule has 0 radical (unpaired) electrons. The third-order valence-electron chi connectivity index (χ3n) is 5.37. The maximum atomic E-state index is 12.8. The lowest BCUT2D eigenvalue weighted by Gasteiger charge is -2.25. The van der Waals surface area contributed by atoms with Gasteiger partial charge in [0.2, 0.25) is 0 Å². The lowest BCUT2D eigenvalue weighted by molar-refractivity contribution is -0.135. The Hall–Kier alpha value is -2.54. The average molecular weight is 457 g/mol. The molecule has 7 heteroatoms. The number of ether oxygens (including phenoxy) is 1. The molecule has 1 fully saturated rings. The molecule has 0 N–H and O–H groups in total. The van der Waals surface area contributed by atoms with Crippen molar-refractivity contribution in [3.05, 3.63) is 58.7 Å². The van der Waals surface area contributed by atoms with Gasteiger partial charge in [-0.05, 0) is 50.3 Å². The first-order valence-electron chi connectivity index (χ1n) is 11.2. The van der Waals surface area contributed by atoms with Crippen molar-refractivity contribution in [2.24, 2.45) is 5.16 Å². The Kier molecular flexibility index (Phi) is 9.41. The maximum absolute atomic E-state index is 12.8. The van der Waals surface area contributed by atoms with E-state index in [9.17, 15) is 9.59 Å². The molecule has 2 heterocycles. The number of thioether (sulfide) groups is 1. The van der Waals surface area contributed by atoms with Crippen LogP contribution in [0.25, 0.3) is 0 Å². The summed E-state index contributed by atoms with van der Waals surface area (Å²) in [6.07, 6.45) is 11.0. The number of rotatable bonds is 3. The third kappa shape index (κ3) is 7.26. The SMILES string of the molecule is Cc1cc(C)c2c(c1)CC(=N\OCC(=O)N1CCSCC1)/C=C/CC/C=C/CCOC2=O. The Bertz CT molecular complexity index is 901. The van der Waals surface area contributed by atoms with Gasteiger partial charge in [-0.25, -0.2) is 4.79 Å². The van der Waals surface area contributed by atoms with Crippen LogP contribution in [0.2, 0.25) is 0 Å². The van der Waals surface area contributed by atoms with E-state index >= 15 is 0 Å². The standard InChI is InChI=1S/C25H32N2O4S/c1-19-15-20(2)24-21(16-19)17-22(9-7-5-3-4-6-8-12-30-25(24)29)26-31-18-23(28)27-10-13-32-14-11-27/h4,6-7,9,15-16H,3,5,8,10-14,17-18H2,1-2H3/b6-4+,9-7+,26-22-. The van der Waals surface area contributed by atoms with Crippen LogP contribution in [0.15, 0.2) is 41.6 Å². The monoisotopic (exact) mass is 456 g/mol. The Morgan fingerprint density at radius 3 is 2.69 bits per heavy atom. The number of hydrogen-bond donors (Lipinski definition) is 0. The number of hydrogen-bond acceptors (Lipinski definition) is 6. The quantitative estimate of drug-likeness (QED) is 0.386. The second-order valence-corrected chi connectivity index (χ2v) is 9.24. The minimum Gasteiger partial charge on any atom is -0.462 e. The first-order valence-corrected chi connectivity index (χ1v) is 12.3. The maximum Gasteiger partial charge on any atom is 0.338 e. The summed E-state index contributed by atoms with van der Waals surface area (Å²) in [7, 11) is 0. The zero-order chi connectivity index (χ0) is 22.8. The molecule has 1 saturated heterocycles. The smallest absolute Gasteiger partial charge is 0.338 e. The number of aryl methyl sites for hydroxylation is 2. The summed E-state index contributed by atoms with van der Waals surface area (Å²) in [4.78, 5) is 32.5. The highest BCUT2D eigenvalue weighted by Crippen LogP contribution is 2.20. The summed E-state index contributed by atoms with van der Waals surface area (Å²) in [6, 6.07) is 3.98. The molecular weight excluding hydrogens is 424 g/mol. The number of cyclic esters (lactones) is 1. The van der Waals surface area contributed by atoms with E-state index in [0.29, 0.717) is 30.7 Å². The normalized spacial score (nSPS) is 21.2. The van der Waals surface area contributed by atoms with Crippen LogP contribution in [-0.2, 0) is 20.8 Å². The highest BCUT2D eigenvalue weighted by molar-refractivity contribution is 7.99. The summed E-state index contributed by atoms with van der Waals surface area (Å²) < 4.78 is 5.52. The van der Waals surface area contributed by atoms with Crippen molar-refractivity contribution in [1.29, 1.82) is 0 Å². The summed E-state index contributed by atoms with van der Waals surface area (Å²) >= 11 is 1.86.